The first kappa shape index (κ1) is 23.0. The van der Waals surface area contributed by atoms with Crippen LogP contribution in [-0.4, -0.2) is 39.1 Å². The molecule has 0 fully saturated rings. The topological polar surface area (TPSA) is 95.6 Å². The highest BCUT2D eigenvalue weighted by Crippen LogP contribution is 2.28. The van der Waals surface area contributed by atoms with Crippen LogP contribution in [0.3, 0.4) is 0 Å². The Morgan fingerprint density at radius 2 is 1.72 bits per heavy atom. The summed E-state index contributed by atoms with van der Waals surface area (Å²) in [6.07, 6.45) is 0.979. The average molecular weight is 458 g/mol. The molecule has 0 aliphatic rings. The molecule has 0 heterocycles. The maximum Gasteiger partial charge on any atom is 0.253 e. The van der Waals surface area contributed by atoms with Crippen molar-refractivity contribution in [1.82, 2.24) is 5.32 Å². The molecule has 2 amide bonds. The molecular weight excluding hydrogens is 437 g/mol. The van der Waals surface area contributed by atoms with Gasteiger partial charge in [-0.2, -0.15) is 0 Å². The van der Waals surface area contributed by atoms with E-state index >= 15 is 0 Å². The third-order valence-electron chi connectivity index (χ3n) is 3.74. The number of benzene rings is 2. The van der Waals surface area contributed by atoms with Gasteiger partial charge in [0.15, 0.2) is 0 Å². The molecule has 2 aromatic rings. The summed E-state index contributed by atoms with van der Waals surface area (Å²) >= 11 is 11.9. The molecule has 10 heteroatoms. The zero-order valence-corrected chi connectivity index (χ0v) is 18.4. The van der Waals surface area contributed by atoms with E-state index in [0.717, 1.165) is 10.6 Å². The van der Waals surface area contributed by atoms with E-state index in [0.29, 0.717) is 0 Å². The molecule has 0 saturated heterocycles. The van der Waals surface area contributed by atoms with Gasteiger partial charge in [0, 0.05) is 6.04 Å². The number of nitrogens with zero attached hydrogens (tertiary/aromatic N) is 1. The van der Waals surface area contributed by atoms with Gasteiger partial charge in [0.25, 0.3) is 5.91 Å². The predicted molar refractivity (Wildman–Crippen MR) is 116 cm³/mol. The number of sulfonamides is 1. The van der Waals surface area contributed by atoms with Gasteiger partial charge in [-0.25, -0.2) is 8.42 Å². The van der Waals surface area contributed by atoms with Crippen molar-refractivity contribution in [3.63, 3.8) is 0 Å². The summed E-state index contributed by atoms with van der Waals surface area (Å²) in [5, 5.41) is 5.77. The zero-order chi connectivity index (χ0) is 21.8. The molecule has 0 aliphatic carbocycles. The SMILES string of the molecule is CC(C)NC(=O)c1ccccc1NC(=O)CN(c1ccc(Cl)c(Cl)c1)S(C)(=O)=O. The molecule has 0 unspecified atom stereocenters. The van der Waals surface area contributed by atoms with Gasteiger partial charge in [0.05, 0.1) is 33.2 Å². The van der Waals surface area contributed by atoms with E-state index in [-0.39, 0.29) is 38.9 Å². The molecule has 7 nitrogen and oxygen atoms in total. The maximum absolute atomic E-state index is 12.6. The fraction of sp³-hybridized carbons (Fsp3) is 0.263. The lowest BCUT2D eigenvalue weighted by Crippen LogP contribution is -2.38. The van der Waals surface area contributed by atoms with Crippen LogP contribution in [-0.2, 0) is 14.8 Å². The molecule has 156 valence electrons. The highest BCUT2D eigenvalue weighted by atomic mass is 35.5. The maximum atomic E-state index is 12.6. The van der Waals surface area contributed by atoms with Gasteiger partial charge in [-0.3, -0.25) is 13.9 Å². The van der Waals surface area contributed by atoms with E-state index in [1.165, 1.54) is 18.2 Å². The second kappa shape index (κ2) is 9.47. The van der Waals surface area contributed by atoms with Gasteiger partial charge >= 0.3 is 0 Å². The van der Waals surface area contributed by atoms with Gasteiger partial charge < -0.3 is 10.6 Å². The number of halogens is 2. The zero-order valence-electron chi connectivity index (χ0n) is 16.1. The molecule has 0 atom stereocenters. The van der Waals surface area contributed by atoms with Gasteiger partial charge in [-0.05, 0) is 44.2 Å². The summed E-state index contributed by atoms with van der Waals surface area (Å²) in [7, 11) is -3.79. The van der Waals surface area contributed by atoms with Crippen LogP contribution in [0.25, 0.3) is 0 Å². The van der Waals surface area contributed by atoms with Gasteiger partial charge in [0.2, 0.25) is 15.9 Å². The Morgan fingerprint density at radius 3 is 2.31 bits per heavy atom. The number of carbonyl (C=O) groups is 2. The Balaban J connectivity index is 2.26. The van der Waals surface area contributed by atoms with Crippen LogP contribution >= 0.6 is 23.2 Å². The Bertz CT molecular complexity index is 1030. The number of anilines is 2. The predicted octanol–water partition coefficient (Wildman–Crippen LogP) is 3.54. The summed E-state index contributed by atoms with van der Waals surface area (Å²) < 4.78 is 25.3. The first-order valence-electron chi connectivity index (χ1n) is 8.61. The van der Waals surface area contributed by atoms with Crippen molar-refractivity contribution >= 4 is 56.4 Å². The first-order valence-corrected chi connectivity index (χ1v) is 11.2. The van der Waals surface area contributed by atoms with Crippen LogP contribution in [0.4, 0.5) is 11.4 Å². The second-order valence-electron chi connectivity index (χ2n) is 6.59. The van der Waals surface area contributed by atoms with E-state index in [2.05, 4.69) is 10.6 Å². The van der Waals surface area contributed by atoms with Gasteiger partial charge in [0.1, 0.15) is 6.54 Å². The Labute approximate surface area is 180 Å². The van der Waals surface area contributed by atoms with Crippen molar-refractivity contribution in [3.8, 4) is 0 Å². The van der Waals surface area contributed by atoms with E-state index in [1.54, 1.807) is 24.3 Å². The average Bonchev–Trinajstić information content (AvgIpc) is 2.61. The van der Waals surface area contributed by atoms with Crippen LogP contribution in [0.2, 0.25) is 10.0 Å². The fourth-order valence-electron chi connectivity index (χ4n) is 2.49. The molecule has 2 N–H and O–H groups in total. The van der Waals surface area contributed by atoms with Crippen molar-refractivity contribution in [2.24, 2.45) is 0 Å². The summed E-state index contributed by atoms with van der Waals surface area (Å²) in [5.41, 5.74) is 0.746. The third kappa shape index (κ3) is 6.35. The fourth-order valence-corrected chi connectivity index (χ4v) is 3.63. The lowest BCUT2D eigenvalue weighted by atomic mass is 10.1. The molecule has 29 heavy (non-hydrogen) atoms. The Morgan fingerprint density at radius 1 is 1.07 bits per heavy atom. The van der Waals surface area contributed by atoms with Crippen molar-refractivity contribution in [1.29, 1.82) is 0 Å². The van der Waals surface area contributed by atoms with Crippen LogP contribution in [0, 0.1) is 0 Å². The van der Waals surface area contributed by atoms with E-state index < -0.39 is 22.5 Å². The minimum Gasteiger partial charge on any atom is -0.350 e. The van der Waals surface area contributed by atoms with Gasteiger partial charge in [-0.1, -0.05) is 35.3 Å². The summed E-state index contributed by atoms with van der Waals surface area (Å²) in [6.45, 7) is 3.14. The number of hydrogen-bond acceptors (Lipinski definition) is 4. The Hall–Kier alpha value is -2.29. The highest BCUT2D eigenvalue weighted by molar-refractivity contribution is 7.92. The molecule has 0 aromatic heterocycles. The minimum atomic E-state index is -3.79. The molecule has 0 spiro atoms. The lowest BCUT2D eigenvalue weighted by molar-refractivity contribution is -0.114. The first-order chi connectivity index (χ1) is 13.5. The highest BCUT2D eigenvalue weighted by Gasteiger charge is 2.22. The number of hydrogen-bond donors (Lipinski definition) is 2. The normalized spacial score (nSPS) is 11.2. The summed E-state index contributed by atoms with van der Waals surface area (Å²) in [4.78, 5) is 24.9. The van der Waals surface area contributed by atoms with Crippen molar-refractivity contribution in [2.75, 3.05) is 22.4 Å². The second-order valence-corrected chi connectivity index (χ2v) is 9.31. The molecule has 0 radical (unpaired) electrons. The number of carbonyl (C=O) groups excluding carboxylic acids is 2. The Kier molecular flexibility index (Phi) is 7.51. The van der Waals surface area contributed by atoms with Crippen molar-refractivity contribution in [3.05, 3.63) is 58.1 Å². The van der Waals surface area contributed by atoms with Crippen LogP contribution in [0.1, 0.15) is 24.2 Å². The van der Waals surface area contributed by atoms with Crippen molar-refractivity contribution < 1.29 is 18.0 Å². The quantitative estimate of drug-likeness (QED) is 0.664. The molecule has 0 bridgehead atoms. The third-order valence-corrected chi connectivity index (χ3v) is 5.62. The van der Waals surface area contributed by atoms with E-state index in [9.17, 15) is 18.0 Å². The van der Waals surface area contributed by atoms with Gasteiger partial charge in [-0.15, -0.1) is 0 Å². The van der Waals surface area contributed by atoms with Crippen LogP contribution < -0.4 is 14.9 Å². The number of amides is 2. The molecule has 0 aliphatic heterocycles. The molecule has 2 rings (SSSR count). The van der Waals surface area contributed by atoms with Crippen molar-refractivity contribution in [2.45, 2.75) is 19.9 Å². The number of rotatable bonds is 7. The number of nitrogens with one attached hydrogen (secondary N) is 2. The van der Waals surface area contributed by atoms with E-state index in [1.807, 2.05) is 13.8 Å². The van der Waals surface area contributed by atoms with E-state index in [4.69, 9.17) is 23.2 Å². The smallest absolute Gasteiger partial charge is 0.253 e. The largest absolute Gasteiger partial charge is 0.350 e. The monoisotopic (exact) mass is 457 g/mol. The summed E-state index contributed by atoms with van der Waals surface area (Å²) in [6, 6.07) is 10.6. The molecular formula is C19H21Cl2N3O4S. The van der Waals surface area contributed by atoms with Crippen LogP contribution in [0.5, 0.6) is 0 Å². The summed E-state index contributed by atoms with van der Waals surface area (Å²) in [5.74, 6) is -0.966. The minimum absolute atomic E-state index is 0.0818. The lowest BCUT2D eigenvalue weighted by Gasteiger charge is -2.22. The number of para-hydroxylation sites is 1. The standard InChI is InChI=1S/C19H21Cl2N3O4S/c1-12(2)22-19(26)14-6-4-5-7-17(14)23-18(25)11-24(29(3,27)28)13-8-9-15(20)16(21)10-13/h4-10,12H,11H2,1-3H3,(H,22,26)(H,23,25). The molecule has 2 aromatic carbocycles. The molecule has 0 saturated carbocycles. The van der Waals surface area contributed by atoms with Crippen LogP contribution in [0.15, 0.2) is 42.5 Å².